The Hall–Kier alpha value is -2.95. The van der Waals surface area contributed by atoms with Gasteiger partial charge in [-0.2, -0.15) is 13.2 Å². The summed E-state index contributed by atoms with van der Waals surface area (Å²) in [6.45, 7) is 7.00. The molecule has 6 rings (SSSR count). The molecule has 3 aromatic rings. The van der Waals surface area contributed by atoms with Gasteiger partial charge in [-0.1, -0.05) is 6.08 Å². The molecule has 4 heterocycles. The number of fused-ring (bicyclic) bond motifs is 4. The lowest BCUT2D eigenvalue weighted by molar-refractivity contribution is -0.137. The fraction of sp³-hybridized carbons (Fsp3) is 0.393. The number of pyridine rings is 1. The number of alkyl halides is 3. The molecule has 1 N–H and O–H groups in total. The maximum Gasteiger partial charge on any atom is 0.416 e. The highest BCUT2D eigenvalue weighted by Gasteiger charge is 2.44. The van der Waals surface area contributed by atoms with Crippen LogP contribution in [-0.4, -0.2) is 44.5 Å². The van der Waals surface area contributed by atoms with Crippen molar-refractivity contribution in [2.24, 2.45) is 11.8 Å². The maximum atomic E-state index is 13.7. The van der Waals surface area contributed by atoms with E-state index in [4.69, 9.17) is 4.74 Å². The van der Waals surface area contributed by atoms with Crippen LogP contribution in [0.25, 0.3) is 10.9 Å². The monoisotopic (exact) mass is 545 g/mol. The summed E-state index contributed by atoms with van der Waals surface area (Å²) in [6, 6.07) is 9.18. The van der Waals surface area contributed by atoms with E-state index in [1.165, 1.54) is 13.0 Å². The molecule has 0 radical (unpaired) electrons. The molecule has 3 aliphatic rings. The number of rotatable bonds is 7. The van der Waals surface area contributed by atoms with E-state index >= 15 is 0 Å². The van der Waals surface area contributed by atoms with Crippen molar-refractivity contribution in [1.82, 2.24) is 14.6 Å². The summed E-state index contributed by atoms with van der Waals surface area (Å²) in [5.41, 5.74) is 0.587. The number of nitrogens with zero attached hydrogens (tertiary/aromatic N) is 2. The number of ether oxygens (including phenoxy) is 1. The Bertz CT molecular complexity index is 1480. The number of nitrogens with one attached hydrogen (secondary N) is 1. The number of halogens is 3. The molecule has 0 saturated carbocycles. The number of hydrogen-bond donors (Lipinski definition) is 1. The molecule has 3 fully saturated rings. The lowest BCUT2D eigenvalue weighted by Gasteiger charge is -2.51. The van der Waals surface area contributed by atoms with E-state index in [9.17, 15) is 21.6 Å². The van der Waals surface area contributed by atoms with Gasteiger partial charge in [0.25, 0.3) is 0 Å². The Balaban J connectivity index is 1.62. The minimum absolute atomic E-state index is 0.191. The van der Waals surface area contributed by atoms with Gasteiger partial charge in [-0.25, -0.2) is 13.1 Å². The van der Waals surface area contributed by atoms with Crippen LogP contribution in [0.2, 0.25) is 0 Å². The van der Waals surface area contributed by atoms with Gasteiger partial charge in [0.05, 0.1) is 29.1 Å². The molecule has 38 heavy (non-hydrogen) atoms. The van der Waals surface area contributed by atoms with Gasteiger partial charge in [-0.3, -0.25) is 9.88 Å². The third kappa shape index (κ3) is 5.04. The molecule has 3 saturated heterocycles. The fourth-order valence-electron chi connectivity index (χ4n) is 5.92. The van der Waals surface area contributed by atoms with Gasteiger partial charge in [0.1, 0.15) is 5.75 Å². The van der Waals surface area contributed by atoms with Crippen molar-refractivity contribution in [1.29, 1.82) is 0 Å². The Labute approximate surface area is 220 Å². The number of hydrogen-bond acceptors (Lipinski definition) is 5. The number of methoxy groups -OCH3 is 1. The Morgan fingerprint density at radius 1 is 1.21 bits per heavy atom. The molecule has 3 aliphatic heterocycles. The Morgan fingerprint density at radius 3 is 2.66 bits per heavy atom. The first-order chi connectivity index (χ1) is 18.0. The predicted molar refractivity (Wildman–Crippen MR) is 139 cm³/mol. The molecule has 2 aromatic carbocycles. The lowest BCUT2D eigenvalue weighted by atomic mass is 9.73. The van der Waals surface area contributed by atoms with Crippen LogP contribution in [0.1, 0.15) is 35.6 Å². The van der Waals surface area contributed by atoms with Crippen LogP contribution in [0.5, 0.6) is 5.75 Å². The largest absolute Gasteiger partial charge is 0.497 e. The van der Waals surface area contributed by atoms with E-state index in [0.717, 1.165) is 37.4 Å². The molecule has 5 atom stereocenters. The third-order valence-electron chi connectivity index (χ3n) is 7.83. The minimum Gasteiger partial charge on any atom is -0.497 e. The summed E-state index contributed by atoms with van der Waals surface area (Å²) in [5, 5.41) is 0.725. The van der Waals surface area contributed by atoms with Crippen LogP contribution in [0, 0.1) is 18.8 Å². The molecule has 1 aromatic heterocycles. The van der Waals surface area contributed by atoms with Gasteiger partial charge >= 0.3 is 6.18 Å². The zero-order valence-electron chi connectivity index (χ0n) is 21.2. The zero-order valence-corrected chi connectivity index (χ0v) is 22.0. The fourth-order valence-corrected chi connectivity index (χ4v) is 7.30. The van der Waals surface area contributed by atoms with Crippen LogP contribution in [-0.2, 0) is 16.2 Å². The van der Waals surface area contributed by atoms with Gasteiger partial charge in [0.15, 0.2) is 0 Å². The average molecular weight is 546 g/mol. The summed E-state index contributed by atoms with van der Waals surface area (Å²) in [7, 11) is -2.78. The summed E-state index contributed by atoms with van der Waals surface area (Å²) >= 11 is 0. The van der Waals surface area contributed by atoms with E-state index in [2.05, 4.69) is 21.2 Å². The molecular formula is C28H30F3N3O3S. The molecule has 6 nitrogen and oxygen atoms in total. The van der Waals surface area contributed by atoms with Gasteiger partial charge in [-0.05, 0) is 91.7 Å². The quantitative estimate of drug-likeness (QED) is 0.398. The second-order valence-electron chi connectivity index (χ2n) is 10.2. The van der Waals surface area contributed by atoms with Crippen molar-refractivity contribution in [3.05, 3.63) is 78.0 Å². The van der Waals surface area contributed by atoms with Crippen molar-refractivity contribution in [2.45, 2.75) is 42.9 Å². The first kappa shape index (κ1) is 26.6. The van der Waals surface area contributed by atoms with Crippen molar-refractivity contribution in [2.75, 3.05) is 20.2 Å². The van der Waals surface area contributed by atoms with E-state index in [-0.39, 0.29) is 11.6 Å². The van der Waals surface area contributed by atoms with Crippen LogP contribution in [0.15, 0.2) is 66.2 Å². The zero-order chi connectivity index (χ0) is 27.2. The first-order valence-electron chi connectivity index (χ1n) is 12.5. The van der Waals surface area contributed by atoms with Crippen LogP contribution >= 0.6 is 0 Å². The highest BCUT2D eigenvalue weighted by atomic mass is 32.2. The molecule has 10 heteroatoms. The van der Waals surface area contributed by atoms with E-state index in [1.54, 1.807) is 31.5 Å². The number of piperidine rings is 3. The predicted octanol–water partition coefficient (Wildman–Crippen LogP) is 5.49. The smallest absolute Gasteiger partial charge is 0.416 e. The summed E-state index contributed by atoms with van der Waals surface area (Å²) < 4.78 is 76.2. The highest BCUT2D eigenvalue weighted by molar-refractivity contribution is 7.89. The number of benzene rings is 2. The number of aryl methyl sites for hydroxylation is 1. The molecule has 0 spiro atoms. The number of aromatic nitrogens is 1. The van der Waals surface area contributed by atoms with Crippen LogP contribution < -0.4 is 9.46 Å². The van der Waals surface area contributed by atoms with Gasteiger partial charge in [-0.15, -0.1) is 6.58 Å². The lowest BCUT2D eigenvalue weighted by Crippen LogP contribution is -2.57. The highest BCUT2D eigenvalue weighted by Crippen LogP contribution is 2.43. The van der Waals surface area contributed by atoms with E-state index in [1.807, 2.05) is 12.1 Å². The average Bonchev–Trinajstić information content (AvgIpc) is 2.90. The Kier molecular flexibility index (Phi) is 7.00. The van der Waals surface area contributed by atoms with Gasteiger partial charge in [0, 0.05) is 24.2 Å². The standard InChI is InChI=1S/C28H30F3N3O3S/c1-4-18-16-34-10-8-19(18)13-26(34)27(23-7-9-32-25-6-5-21(37-3)15-24(23)25)33-38(35,36)22-12-17(2)11-20(14-22)28(29,30)31/h4-7,9,11-12,14-15,18-19,26-27,33H,1,8,10,13,16H2,2-3H3/t18?,19?,26-,27-/m0/s1. The van der Waals surface area contributed by atoms with Crippen LogP contribution in [0.3, 0.4) is 0 Å². The Morgan fingerprint density at radius 2 is 2.00 bits per heavy atom. The van der Waals surface area contributed by atoms with Crippen molar-refractivity contribution < 1.29 is 26.3 Å². The molecule has 202 valence electrons. The second-order valence-corrected chi connectivity index (χ2v) is 11.9. The van der Waals surface area contributed by atoms with Crippen molar-refractivity contribution in [3.8, 4) is 5.75 Å². The topological polar surface area (TPSA) is 71.5 Å². The van der Waals surface area contributed by atoms with Crippen LogP contribution in [0.4, 0.5) is 13.2 Å². The van der Waals surface area contributed by atoms with Gasteiger partial charge < -0.3 is 4.74 Å². The van der Waals surface area contributed by atoms with Crippen molar-refractivity contribution in [3.63, 3.8) is 0 Å². The van der Waals surface area contributed by atoms with E-state index < -0.39 is 32.7 Å². The summed E-state index contributed by atoms with van der Waals surface area (Å²) in [5.74, 6) is 1.27. The summed E-state index contributed by atoms with van der Waals surface area (Å²) in [4.78, 5) is 6.29. The van der Waals surface area contributed by atoms with Crippen molar-refractivity contribution >= 4 is 20.9 Å². The molecular weight excluding hydrogens is 515 g/mol. The minimum atomic E-state index is -4.67. The molecule has 0 aliphatic carbocycles. The third-order valence-corrected chi connectivity index (χ3v) is 9.25. The molecule has 2 bridgehead atoms. The van der Waals surface area contributed by atoms with E-state index in [0.29, 0.717) is 34.7 Å². The van der Waals surface area contributed by atoms with Gasteiger partial charge in [0.2, 0.25) is 10.0 Å². The normalized spacial score (nSPS) is 24.3. The number of sulfonamides is 1. The molecule has 3 unspecified atom stereocenters. The first-order valence-corrected chi connectivity index (χ1v) is 14.0. The summed E-state index contributed by atoms with van der Waals surface area (Å²) in [6.07, 6.45) is 0.651. The molecule has 0 amide bonds. The second kappa shape index (κ2) is 9.98. The maximum absolute atomic E-state index is 13.7. The SMILES string of the molecule is C=CC1CN2CCC1C[C@H]2[C@@H](NS(=O)(=O)c1cc(C)cc(C(F)(F)F)c1)c1ccnc2ccc(OC)cc12.